The fourth-order valence-corrected chi connectivity index (χ4v) is 3.52. The highest BCUT2D eigenvalue weighted by atomic mass is 16.4. The molecule has 0 bridgehead atoms. The largest absolute Gasteiger partial charge is 0.420 e. The number of rotatable bonds is 5. The van der Waals surface area contributed by atoms with Crippen LogP contribution in [-0.4, -0.2) is 33.5 Å². The van der Waals surface area contributed by atoms with Crippen LogP contribution in [0.4, 0.5) is 5.82 Å². The van der Waals surface area contributed by atoms with Gasteiger partial charge < -0.3 is 14.6 Å². The van der Waals surface area contributed by atoms with Crippen molar-refractivity contribution in [3.8, 4) is 0 Å². The van der Waals surface area contributed by atoms with Crippen molar-refractivity contribution in [2.45, 2.75) is 39.3 Å². The number of oxazole rings is 1. The van der Waals surface area contributed by atoms with Gasteiger partial charge in [0.1, 0.15) is 18.2 Å². The van der Waals surface area contributed by atoms with Crippen molar-refractivity contribution in [3.05, 3.63) is 52.4 Å². The zero-order valence-corrected chi connectivity index (χ0v) is 15.9. The minimum atomic E-state index is -0.546. The fourth-order valence-electron chi connectivity index (χ4n) is 3.52. The third kappa shape index (κ3) is 3.90. The van der Waals surface area contributed by atoms with Gasteiger partial charge in [0.15, 0.2) is 5.58 Å². The first-order valence-corrected chi connectivity index (χ1v) is 9.55. The first-order chi connectivity index (χ1) is 13.6. The van der Waals surface area contributed by atoms with Gasteiger partial charge in [-0.3, -0.25) is 9.36 Å². The Balaban J connectivity index is 1.44. The van der Waals surface area contributed by atoms with E-state index in [1.807, 2.05) is 13.0 Å². The van der Waals surface area contributed by atoms with Crippen LogP contribution in [0.5, 0.6) is 0 Å². The lowest BCUT2D eigenvalue weighted by Crippen LogP contribution is -2.32. The number of anilines is 1. The lowest BCUT2D eigenvalue weighted by atomic mass is 10.1. The smallest absolute Gasteiger partial charge is 0.408 e. The zero-order valence-electron chi connectivity index (χ0n) is 15.9. The predicted octanol–water partition coefficient (Wildman–Crippen LogP) is 2.00. The Morgan fingerprint density at radius 3 is 2.79 bits per heavy atom. The molecule has 0 aliphatic carbocycles. The SMILES string of the molecule is Cc1cc(N2CCCCC2)nc(CNC(=O)Cn2c(=O)oc3ccccc32)n1. The molecule has 1 aliphatic rings. The van der Waals surface area contributed by atoms with Crippen LogP contribution in [0.15, 0.2) is 39.5 Å². The van der Waals surface area contributed by atoms with Crippen LogP contribution in [-0.2, 0) is 17.9 Å². The van der Waals surface area contributed by atoms with Gasteiger partial charge in [-0.2, -0.15) is 0 Å². The van der Waals surface area contributed by atoms with Gasteiger partial charge in [-0.05, 0) is 38.3 Å². The molecule has 0 unspecified atom stereocenters. The van der Waals surface area contributed by atoms with Crippen molar-refractivity contribution in [2.24, 2.45) is 0 Å². The number of para-hydroxylation sites is 2. The minimum absolute atomic E-state index is 0.110. The van der Waals surface area contributed by atoms with Gasteiger partial charge >= 0.3 is 5.76 Å². The van der Waals surface area contributed by atoms with Crippen molar-refractivity contribution in [1.29, 1.82) is 0 Å². The van der Waals surface area contributed by atoms with Gasteiger partial charge in [0, 0.05) is 24.8 Å². The maximum atomic E-state index is 12.4. The lowest BCUT2D eigenvalue weighted by molar-refractivity contribution is -0.121. The third-order valence-corrected chi connectivity index (χ3v) is 4.89. The first-order valence-electron chi connectivity index (χ1n) is 9.55. The quantitative estimate of drug-likeness (QED) is 0.727. The van der Waals surface area contributed by atoms with Crippen molar-refractivity contribution in [3.63, 3.8) is 0 Å². The summed E-state index contributed by atoms with van der Waals surface area (Å²) in [6.45, 7) is 4.03. The Bertz CT molecular complexity index is 1050. The molecule has 8 nitrogen and oxygen atoms in total. The molecule has 1 aliphatic heterocycles. The van der Waals surface area contributed by atoms with E-state index >= 15 is 0 Å². The van der Waals surface area contributed by atoms with Gasteiger partial charge in [-0.25, -0.2) is 14.8 Å². The molecule has 2 aromatic heterocycles. The summed E-state index contributed by atoms with van der Waals surface area (Å²) in [6.07, 6.45) is 3.59. The third-order valence-electron chi connectivity index (χ3n) is 4.89. The summed E-state index contributed by atoms with van der Waals surface area (Å²) in [5.74, 6) is 0.639. The predicted molar refractivity (Wildman–Crippen MR) is 105 cm³/mol. The number of carbonyl (C=O) groups is 1. The van der Waals surface area contributed by atoms with Gasteiger partial charge in [-0.1, -0.05) is 12.1 Å². The number of aromatic nitrogens is 3. The van der Waals surface area contributed by atoms with Crippen LogP contribution in [0.2, 0.25) is 0 Å². The number of nitrogens with one attached hydrogen (secondary N) is 1. The summed E-state index contributed by atoms with van der Waals surface area (Å²) in [5.41, 5.74) is 1.94. The summed E-state index contributed by atoms with van der Waals surface area (Å²) < 4.78 is 6.48. The number of nitrogens with zero attached hydrogens (tertiary/aromatic N) is 4. The topological polar surface area (TPSA) is 93.3 Å². The van der Waals surface area contributed by atoms with Gasteiger partial charge in [-0.15, -0.1) is 0 Å². The van der Waals surface area contributed by atoms with Crippen LogP contribution < -0.4 is 16.0 Å². The zero-order chi connectivity index (χ0) is 19.5. The molecule has 28 heavy (non-hydrogen) atoms. The van der Waals surface area contributed by atoms with Crippen LogP contribution in [0, 0.1) is 6.92 Å². The van der Waals surface area contributed by atoms with E-state index in [0.717, 1.165) is 24.6 Å². The molecular weight excluding hydrogens is 358 g/mol. The number of amides is 1. The molecule has 146 valence electrons. The van der Waals surface area contributed by atoms with Crippen molar-refractivity contribution >= 4 is 22.8 Å². The van der Waals surface area contributed by atoms with Crippen LogP contribution in [0.25, 0.3) is 11.1 Å². The monoisotopic (exact) mass is 381 g/mol. The Hall–Kier alpha value is -3.16. The number of hydrogen-bond acceptors (Lipinski definition) is 6. The molecule has 1 N–H and O–H groups in total. The van der Waals surface area contributed by atoms with Gasteiger partial charge in [0.25, 0.3) is 0 Å². The molecule has 4 rings (SSSR count). The van der Waals surface area contributed by atoms with Crippen molar-refractivity contribution < 1.29 is 9.21 Å². The average Bonchev–Trinajstić information content (AvgIpc) is 3.02. The van der Waals surface area contributed by atoms with Crippen molar-refractivity contribution in [1.82, 2.24) is 19.9 Å². The second-order valence-electron chi connectivity index (χ2n) is 7.03. The second kappa shape index (κ2) is 7.84. The van der Waals surface area contributed by atoms with E-state index in [9.17, 15) is 9.59 Å². The first kappa shape index (κ1) is 18.2. The minimum Gasteiger partial charge on any atom is -0.408 e. The Kier molecular flexibility index (Phi) is 5.10. The molecule has 1 amide bonds. The van der Waals surface area contributed by atoms with E-state index in [-0.39, 0.29) is 19.0 Å². The molecule has 3 heterocycles. The van der Waals surface area contributed by atoms with Gasteiger partial charge in [0.05, 0.1) is 12.1 Å². The summed E-state index contributed by atoms with van der Waals surface area (Å²) in [5, 5.41) is 2.80. The Morgan fingerprint density at radius 1 is 1.18 bits per heavy atom. The average molecular weight is 381 g/mol. The lowest BCUT2D eigenvalue weighted by Gasteiger charge is -2.28. The van der Waals surface area contributed by atoms with E-state index in [4.69, 9.17) is 4.42 Å². The molecular formula is C20H23N5O3. The number of carbonyl (C=O) groups excluding carboxylic acids is 1. The summed E-state index contributed by atoms with van der Waals surface area (Å²) in [6, 6.07) is 9.02. The Morgan fingerprint density at radius 2 is 1.96 bits per heavy atom. The molecule has 1 aromatic carbocycles. The maximum Gasteiger partial charge on any atom is 0.420 e. The molecule has 1 fully saturated rings. The molecule has 3 aromatic rings. The molecule has 0 saturated carbocycles. The Labute approximate surface area is 162 Å². The second-order valence-corrected chi connectivity index (χ2v) is 7.03. The highest BCUT2D eigenvalue weighted by Crippen LogP contribution is 2.18. The van der Waals surface area contributed by atoms with Gasteiger partial charge in [0.2, 0.25) is 5.91 Å². The van der Waals surface area contributed by atoms with E-state index in [1.165, 1.54) is 23.8 Å². The summed E-state index contributed by atoms with van der Waals surface area (Å²) in [4.78, 5) is 35.7. The van der Waals surface area contributed by atoms with E-state index in [1.54, 1.807) is 24.3 Å². The number of fused-ring (bicyclic) bond motifs is 1. The number of hydrogen-bond donors (Lipinski definition) is 1. The standard InChI is InChI=1S/C20H23N5O3/c1-14-11-18(24-9-5-2-6-10-24)23-17(22-14)12-21-19(26)13-25-15-7-3-4-8-16(15)28-20(25)27/h3-4,7-8,11H,2,5-6,9-10,12-13H2,1H3,(H,21,26). The summed E-state index contributed by atoms with van der Waals surface area (Å²) >= 11 is 0. The summed E-state index contributed by atoms with van der Waals surface area (Å²) in [7, 11) is 0. The van der Waals surface area contributed by atoms with Crippen molar-refractivity contribution in [2.75, 3.05) is 18.0 Å². The van der Waals surface area contributed by atoms with Crippen LogP contribution >= 0.6 is 0 Å². The fraction of sp³-hybridized carbons (Fsp3) is 0.400. The van der Waals surface area contributed by atoms with Crippen LogP contribution in [0.3, 0.4) is 0 Å². The van der Waals surface area contributed by atoms with E-state index in [2.05, 4.69) is 20.2 Å². The molecule has 8 heteroatoms. The normalized spacial score (nSPS) is 14.4. The molecule has 0 radical (unpaired) electrons. The van der Waals surface area contributed by atoms with Crippen LogP contribution in [0.1, 0.15) is 30.8 Å². The van der Waals surface area contributed by atoms with E-state index < -0.39 is 5.76 Å². The number of piperidine rings is 1. The highest BCUT2D eigenvalue weighted by molar-refractivity contribution is 5.79. The molecule has 1 saturated heterocycles. The molecule has 0 spiro atoms. The number of benzene rings is 1. The maximum absolute atomic E-state index is 12.4. The molecule has 0 atom stereocenters. The highest BCUT2D eigenvalue weighted by Gasteiger charge is 2.15. The number of aryl methyl sites for hydroxylation is 1. The van der Waals surface area contributed by atoms with E-state index in [0.29, 0.717) is 16.9 Å².